The van der Waals surface area contributed by atoms with Crippen LogP contribution < -0.4 is 0 Å². The van der Waals surface area contributed by atoms with Crippen LogP contribution in [0, 0.1) is 0 Å². The summed E-state index contributed by atoms with van der Waals surface area (Å²) in [5.74, 6) is -1.96. The lowest BCUT2D eigenvalue weighted by Gasteiger charge is -2.09. The standard InChI is InChI=1S/C5H9F3NOSi/c1-11(2,3)9-4(10)5(6,7)8/h1-3H3. The number of rotatable bonds is 1. The van der Waals surface area contributed by atoms with E-state index in [4.69, 9.17) is 0 Å². The minimum atomic E-state index is -4.81. The highest BCUT2D eigenvalue weighted by atomic mass is 28.3. The summed E-state index contributed by atoms with van der Waals surface area (Å²) < 4.78 is 37.7. The van der Waals surface area contributed by atoms with Gasteiger partial charge >= 0.3 is 12.1 Å². The zero-order valence-corrected chi connectivity index (χ0v) is 7.49. The third kappa shape index (κ3) is 4.83. The van der Waals surface area contributed by atoms with Crippen LogP contribution in [0.1, 0.15) is 0 Å². The summed E-state index contributed by atoms with van der Waals surface area (Å²) in [6.45, 7) is 4.70. The van der Waals surface area contributed by atoms with E-state index in [2.05, 4.69) is 4.66 Å². The van der Waals surface area contributed by atoms with Gasteiger partial charge in [0.25, 0.3) is 0 Å². The second-order valence-corrected chi connectivity index (χ2v) is 7.65. The van der Waals surface area contributed by atoms with Gasteiger partial charge in [-0.1, -0.05) is 0 Å². The summed E-state index contributed by atoms with van der Waals surface area (Å²) in [4.78, 5) is 0. The van der Waals surface area contributed by atoms with Crippen LogP contribution >= 0.6 is 0 Å². The minimum absolute atomic E-state index is 1.57. The first-order valence-corrected chi connectivity index (χ1v) is 6.42. The maximum atomic E-state index is 11.6. The second-order valence-electron chi connectivity index (χ2n) is 3.09. The van der Waals surface area contributed by atoms with Gasteiger partial charge in [-0.15, -0.1) is 0 Å². The maximum Gasteiger partial charge on any atom is 0.472 e. The Morgan fingerprint density at radius 2 is 1.64 bits per heavy atom. The maximum absolute atomic E-state index is 11.6. The van der Waals surface area contributed by atoms with Gasteiger partial charge in [0.15, 0.2) is 8.24 Å². The normalized spacial score (nSPS) is 15.3. The first-order chi connectivity index (χ1) is 4.63. The third-order valence-electron chi connectivity index (χ3n) is 0.679. The van der Waals surface area contributed by atoms with Crippen molar-refractivity contribution in [2.75, 3.05) is 0 Å². The van der Waals surface area contributed by atoms with Gasteiger partial charge in [0, 0.05) is 0 Å². The molecule has 0 heterocycles. The van der Waals surface area contributed by atoms with Crippen molar-refractivity contribution in [3.63, 3.8) is 0 Å². The predicted octanol–water partition coefficient (Wildman–Crippen LogP) is 2.21. The number of halogens is 3. The van der Waals surface area contributed by atoms with E-state index < -0.39 is 20.3 Å². The number of hydrogen-bond donors (Lipinski definition) is 0. The molecule has 0 spiro atoms. The Hall–Kier alpha value is -0.523. The molecular weight excluding hydrogens is 175 g/mol. The van der Waals surface area contributed by atoms with Crippen molar-refractivity contribution in [1.29, 1.82) is 0 Å². The summed E-state index contributed by atoms with van der Waals surface area (Å²) in [6, 6.07) is 0. The van der Waals surface area contributed by atoms with Crippen LogP contribution in [-0.4, -0.2) is 20.3 Å². The van der Waals surface area contributed by atoms with Gasteiger partial charge in [0.2, 0.25) is 0 Å². The van der Waals surface area contributed by atoms with Gasteiger partial charge in [0.05, 0.1) is 0 Å². The summed E-state index contributed by atoms with van der Waals surface area (Å²) >= 11 is 0. The highest BCUT2D eigenvalue weighted by Gasteiger charge is 2.39. The first kappa shape index (κ1) is 10.5. The van der Waals surface area contributed by atoms with Crippen molar-refractivity contribution in [3.8, 4) is 0 Å². The van der Waals surface area contributed by atoms with E-state index in [0.717, 1.165) is 0 Å². The average Bonchev–Trinajstić information content (AvgIpc) is 1.56. The molecule has 0 aliphatic rings. The van der Waals surface area contributed by atoms with Crippen LogP contribution in [0.15, 0.2) is 4.66 Å². The fourth-order valence-corrected chi connectivity index (χ4v) is 1.10. The zero-order valence-electron chi connectivity index (χ0n) is 6.49. The molecule has 0 saturated carbocycles. The molecule has 11 heavy (non-hydrogen) atoms. The molecule has 0 amide bonds. The first-order valence-electron chi connectivity index (χ1n) is 2.97. The van der Waals surface area contributed by atoms with E-state index in [1.54, 1.807) is 19.6 Å². The fraction of sp³-hybridized carbons (Fsp3) is 0.800. The van der Waals surface area contributed by atoms with Gasteiger partial charge in [-0.2, -0.15) is 13.2 Å². The van der Waals surface area contributed by atoms with E-state index in [-0.39, 0.29) is 0 Å². The molecule has 0 aliphatic heterocycles. The molecule has 0 bridgehead atoms. The lowest BCUT2D eigenvalue weighted by atomic mass is 10.7. The van der Waals surface area contributed by atoms with E-state index in [1.807, 2.05) is 0 Å². The van der Waals surface area contributed by atoms with Crippen LogP contribution in [0.25, 0.3) is 0 Å². The minimum Gasteiger partial charge on any atom is -0.283 e. The van der Waals surface area contributed by atoms with Crippen molar-refractivity contribution in [3.05, 3.63) is 0 Å². The molecular formula is C5H9F3NOSi. The predicted molar refractivity (Wildman–Crippen MR) is 37.5 cm³/mol. The number of nitrogens with zero attached hydrogens (tertiary/aromatic N) is 1. The van der Waals surface area contributed by atoms with Crippen LogP contribution in [-0.2, 0) is 5.11 Å². The molecule has 0 aromatic rings. The lowest BCUT2D eigenvalue weighted by Crippen LogP contribution is -2.28. The number of alkyl halides is 3. The summed E-state index contributed by atoms with van der Waals surface area (Å²) in [5.41, 5.74) is 0. The molecule has 1 radical (unpaired) electrons. The van der Waals surface area contributed by atoms with E-state index in [0.29, 0.717) is 0 Å². The smallest absolute Gasteiger partial charge is 0.283 e. The van der Waals surface area contributed by atoms with Crippen LogP contribution in [0.3, 0.4) is 0 Å². The van der Waals surface area contributed by atoms with E-state index in [1.165, 1.54) is 0 Å². The molecule has 0 aliphatic carbocycles. The summed E-state index contributed by atoms with van der Waals surface area (Å²) in [6.07, 6.45) is -4.81. The molecule has 0 unspecified atom stereocenters. The van der Waals surface area contributed by atoms with Crippen molar-refractivity contribution < 1.29 is 18.3 Å². The zero-order chi connectivity index (χ0) is 9.28. The monoisotopic (exact) mass is 184 g/mol. The largest absolute Gasteiger partial charge is 0.472 e. The molecule has 0 atom stereocenters. The Kier molecular flexibility index (Phi) is 2.71. The van der Waals surface area contributed by atoms with Gasteiger partial charge in [-0.05, 0) is 19.6 Å². The van der Waals surface area contributed by atoms with Crippen LogP contribution in [0.2, 0.25) is 19.6 Å². The van der Waals surface area contributed by atoms with Crippen molar-refractivity contribution in [2.24, 2.45) is 4.66 Å². The van der Waals surface area contributed by atoms with Crippen molar-refractivity contribution >= 4 is 14.1 Å². The van der Waals surface area contributed by atoms with E-state index >= 15 is 0 Å². The Balaban J connectivity index is 4.49. The Bertz CT molecular complexity index is 170. The Morgan fingerprint density at radius 1 is 1.27 bits per heavy atom. The summed E-state index contributed by atoms with van der Waals surface area (Å²) in [5, 5.41) is 10.2. The molecule has 0 aromatic heterocycles. The molecule has 0 aromatic carbocycles. The van der Waals surface area contributed by atoms with Crippen LogP contribution in [0.5, 0.6) is 0 Å². The van der Waals surface area contributed by atoms with E-state index in [9.17, 15) is 18.3 Å². The van der Waals surface area contributed by atoms with Gasteiger partial charge in [0.1, 0.15) is 0 Å². The second kappa shape index (κ2) is 2.84. The molecule has 2 nitrogen and oxygen atoms in total. The molecule has 0 rings (SSSR count). The van der Waals surface area contributed by atoms with Crippen LogP contribution in [0.4, 0.5) is 13.2 Å². The lowest BCUT2D eigenvalue weighted by molar-refractivity contribution is -0.0771. The number of hydrogen-bond acceptors (Lipinski definition) is 1. The van der Waals surface area contributed by atoms with Gasteiger partial charge < -0.3 is 0 Å². The quantitative estimate of drug-likeness (QED) is 0.340. The molecule has 0 saturated heterocycles. The molecule has 0 N–H and O–H groups in total. The van der Waals surface area contributed by atoms with Crippen molar-refractivity contribution in [2.45, 2.75) is 25.8 Å². The Morgan fingerprint density at radius 3 is 1.73 bits per heavy atom. The third-order valence-corrected chi connectivity index (χ3v) is 1.55. The highest BCUT2D eigenvalue weighted by Crippen LogP contribution is 2.18. The topological polar surface area (TPSA) is 32.3 Å². The van der Waals surface area contributed by atoms with Gasteiger partial charge in [-0.3, -0.25) is 9.76 Å². The van der Waals surface area contributed by atoms with Crippen molar-refractivity contribution in [1.82, 2.24) is 0 Å². The Labute approximate surface area is 63.8 Å². The molecule has 6 heteroatoms. The highest BCUT2D eigenvalue weighted by molar-refractivity contribution is 6.75. The molecule has 0 fully saturated rings. The van der Waals surface area contributed by atoms with Gasteiger partial charge in [-0.25, -0.2) is 0 Å². The average molecular weight is 184 g/mol. The summed E-state index contributed by atoms with van der Waals surface area (Å²) in [7, 11) is -2.27. The SMILES string of the molecule is C[Si](C)(C)N=C([O])C(F)(F)F. The molecule has 65 valence electrons. The fourth-order valence-electron chi connectivity index (χ4n) is 0.368.